The molecule has 18 heavy (non-hydrogen) atoms. The fourth-order valence-corrected chi connectivity index (χ4v) is 2.33. The number of halogens is 1. The van der Waals surface area contributed by atoms with Crippen molar-refractivity contribution >= 4 is 0 Å². The molecule has 3 nitrogen and oxygen atoms in total. The summed E-state index contributed by atoms with van der Waals surface area (Å²) in [6.45, 7) is 0.814. The summed E-state index contributed by atoms with van der Waals surface area (Å²) in [4.78, 5) is 0. The second kappa shape index (κ2) is 6.16. The standard InChI is InChI=1S/C14H20FNO2/c1-17-14-6-5-10(8-12(14)15)13(16)9-11-4-2-3-7-18-11/h5-6,8,11,13H,2-4,7,9,16H2,1H3. The Labute approximate surface area is 107 Å². The highest BCUT2D eigenvalue weighted by atomic mass is 19.1. The maximum absolute atomic E-state index is 13.6. The number of ether oxygens (including phenoxy) is 2. The second-order valence-electron chi connectivity index (χ2n) is 4.72. The third kappa shape index (κ3) is 3.21. The van der Waals surface area contributed by atoms with Gasteiger partial charge in [0.2, 0.25) is 0 Å². The van der Waals surface area contributed by atoms with Crippen LogP contribution in [0.15, 0.2) is 18.2 Å². The molecule has 0 saturated carbocycles. The van der Waals surface area contributed by atoms with Crippen LogP contribution in [0.1, 0.15) is 37.3 Å². The Morgan fingerprint density at radius 2 is 2.33 bits per heavy atom. The third-order valence-corrected chi connectivity index (χ3v) is 3.39. The summed E-state index contributed by atoms with van der Waals surface area (Å²) in [5, 5.41) is 0. The number of rotatable bonds is 4. The van der Waals surface area contributed by atoms with Gasteiger partial charge in [0, 0.05) is 12.6 Å². The van der Waals surface area contributed by atoms with Crippen LogP contribution in [-0.4, -0.2) is 19.8 Å². The zero-order chi connectivity index (χ0) is 13.0. The highest BCUT2D eigenvalue weighted by Gasteiger charge is 2.19. The average molecular weight is 253 g/mol. The van der Waals surface area contributed by atoms with Crippen molar-refractivity contribution in [1.82, 2.24) is 0 Å². The van der Waals surface area contributed by atoms with Gasteiger partial charge in [0.05, 0.1) is 13.2 Å². The molecule has 0 bridgehead atoms. The first-order valence-electron chi connectivity index (χ1n) is 6.41. The molecule has 1 aromatic carbocycles. The van der Waals surface area contributed by atoms with Gasteiger partial charge >= 0.3 is 0 Å². The van der Waals surface area contributed by atoms with Crippen molar-refractivity contribution < 1.29 is 13.9 Å². The van der Waals surface area contributed by atoms with E-state index >= 15 is 0 Å². The molecule has 2 atom stereocenters. The van der Waals surface area contributed by atoms with Crippen LogP contribution in [0.5, 0.6) is 5.75 Å². The smallest absolute Gasteiger partial charge is 0.165 e. The zero-order valence-corrected chi connectivity index (χ0v) is 10.7. The van der Waals surface area contributed by atoms with E-state index in [1.54, 1.807) is 6.07 Å². The van der Waals surface area contributed by atoms with Crippen LogP contribution in [0.25, 0.3) is 0 Å². The van der Waals surface area contributed by atoms with E-state index in [1.165, 1.54) is 19.6 Å². The van der Waals surface area contributed by atoms with Crippen molar-refractivity contribution in [3.63, 3.8) is 0 Å². The van der Waals surface area contributed by atoms with Gasteiger partial charge in [-0.05, 0) is 43.4 Å². The number of hydrogen-bond acceptors (Lipinski definition) is 3. The summed E-state index contributed by atoms with van der Waals surface area (Å²) in [6.07, 6.45) is 4.31. The van der Waals surface area contributed by atoms with E-state index in [0.29, 0.717) is 0 Å². The highest BCUT2D eigenvalue weighted by molar-refractivity contribution is 5.30. The summed E-state index contributed by atoms with van der Waals surface area (Å²) in [5.74, 6) is -0.116. The van der Waals surface area contributed by atoms with Gasteiger partial charge in [0.1, 0.15) is 0 Å². The van der Waals surface area contributed by atoms with Gasteiger partial charge in [-0.15, -0.1) is 0 Å². The molecular formula is C14H20FNO2. The van der Waals surface area contributed by atoms with Crippen molar-refractivity contribution in [3.8, 4) is 5.75 Å². The van der Waals surface area contributed by atoms with Crippen LogP contribution in [0, 0.1) is 5.82 Å². The SMILES string of the molecule is COc1ccc(C(N)CC2CCCCO2)cc1F. The Kier molecular flexibility index (Phi) is 4.55. The maximum Gasteiger partial charge on any atom is 0.165 e. The molecule has 1 aromatic rings. The van der Waals surface area contributed by atoms with Gasteiger partial charge in [0.25, 0.3) is 0 Å². The summed E-state index contributed by atoms with van der Waals surface area (Å²) < 4.78 is 24.1. The lowest BCUT2D eigenvalue weighted by Crippen LogP contribution is -2.25. The molecule has 4 heteroatoms. The molecule has 1 fully saturated rings. The minimum Gasteiger partial charge on any atom is -0.494 e. The molecule has 1 saturated heterocycles. The average Bonchev–Trinajstić information content (AvgIpc) is 2.39. The lowest BCUT2D eigenvalue weighted by molar-refractivity contribution is 0.00728. The highest BCUT2D eigenvalue weighted by Crippen LogP contribution is 2.26. The quantitative estimate of drug-likeness (QED) is 0.897. The Hall–Kier alpha value is -1.13. The van der Waals surface area contributed by atoms with Crippen LogP contribution in [0.3, 0.4) is 0 Å². The number of hydrogen-bond donors (Lipinski definition) is 1. The molecule has 0 aromatic heterocycles. The van der Waals surface area contributed by atoms with Crippen molar-refractivity contribution in [2.24, 2.45) is 5.73 Å². The lowest BCUT2D eigenvalue weighted by atomic mass is 9.97. The summed E-state index contributed by atoms with van der Waals surface area (Å²) >= 11 is 0. The molecule has 1 aliphatic heterocycles. The van der Waals surface area contributed by atoms with Crippen LogP contribution >= 0.6 is 0 Å². The van der Waals surface area contributed by atoms with Crippen molar-refractivity contribution in [3.05, 3.63) is 29.6 Å². The predicted molar refractivity (Wildman–Crippen MR) is 68.1 cm³/mol. The predicted octanol–water partition coefficient (Wildman–Crippen LogP) is 2.79. The number of benzene rings is 1. The minimum absolute atomic E-state index is 0.187. The van der Waals surface area contributed by atoms with Gasteiger partial charge in [0.15, 0.2) is 11.6 Å². The molecule has 100 valence electrons. The molecule has 0 aliphatic carbocycles. The molecule has 0 radical (unpaired) electrons. The Balaban J connectivity index is 1.99. The van der Waals surface area contributed by atoms with E-state index < -0.39 is 0 Å². The fraction of sp³-hybridized carbons (Fsp3) is 0.571. The molecule has 2 N–H and O–H groups in total. The number of nitrogens with two attached hydrogens (primary N) is 1. The van der Waals surface area contributed by atoms with Gasteiger partial charge in [-0.1, -0.05) is 6.07 Å². The second-order valence-corrected chi connectivity index (χ2v) is 4.72. The van der Waals surface area contributed by atoms with E-state index in [2.05, 4.69) is 0 Å². The molecule has 1 heterocycles. The van der Waals surface area contributed by atoms with Crippen molar-refractivity contribution in [2.75, 3.05) is 13.7 Å². The fourth-order valence-electron chi connectivity index (χ4n) is 2.33. The van der Waals surface area contributed by atoms with Crippen LogP contribution in [0.4, 0.5) is 4.39 Å². The van der Waals surface area contributed by atoms with Crippen molar-refractivity contribution in [2.45, 2.75) is 37.8 Å². The first-order chi connectivity index (χ1) is 8.70. The van der Waals surface area contributed by atoms with Crippen molar-refractivity contribution in [1.29, 1.82) is 0 Å². The van der Waals surface area contributed by atoms with Crippen LogP contribution < -0.4 is 10.5 Å². The molecule has 2 unspecified atom stereocenters. The molecule has 2 rings (SSSR count). The lowest BCUT2D eigenvalue weighted by Gasteiger charge is -2.25. The Morgan fingerprint density at radius 3 is 2.94 bits per heavy atom. The van der Waals surface area contributed by atoms with Gasteiger partial charge in [-0.25, -0.2) is 4.39 Å². The van der Waals surface area contributed by atoms with E-state index in [0.717, 1.165) is 31.4 Å². The topological polar surface area (TPSA) is 44.5 Å². The van der Waals surface area contributed by atoms with Crippen LogP contribution in [0.2, 0.25) is 0 Å². The minimum atomic E-state index is -0.366. The Bertz CT molecular complexity index is 391. The van der Waals surface area contributed by atoms with E-state index in [4.69, 9.17) is 15.2 Å². The molecule has 0 spiro atoms. The third-order valence-electron chi connectivity index (χ3n) is 3.39. The first-order valence-corrected chi connectivity index (χ1v) is 6.41. The van der Waals surface area contributed by atoms with Crippen LogP contribution in [-0.2, 0) is 4.74 Å². The van der Waals surface area contributed by atoms with E-state index in [1.807, 2.05) is 6.07 Å². The monoisotopic (exact) mass is 253 g/mol. The summed E-state index contributed by atoms with van der Waals surface area (Å²) in [5.41, 5.74) is 6.89. The van der Waals surface area contributed by atoms with E-state index in [9.17, 15) is 4.39 Å². The first kappa shape index (κ1) is 13.3. The molecular weight excluding hydrogens is 233 g/mol. The Morgan fingerprint density at radius 1 is 1.50 bits per heavy atom. The van der Waals surface area contributed by atoms with Gasteiger partial charge in [-0.2, -0.15) is 0 Å². The van der Waals surface area contributed by atoms with E-state index in [-0.39, 0.29) is 23.7 Å². The summed E-state index contributed by atoms with van der Waals surface area (Å²) in [7, 11) is 1.45. The maximum atomic E-state index is 13.6. The van der Waals surface area contributed by atoms with Gasteiger partial charge in [-0.3, -0.25) is 0 Å². The number of methoxy groups -OCH3 is 1. The summed E-state index contributed by atoms with van der Waals surface area (Å²) in [6, 6.07) is 4.70. The molecule has 1 aliphatic rings. The largest absolute Gasteiger partial charge is 0.494 e. The zero-order valence-electron chi connectivity index (χ0n) is 10.7. The van der Waals surface area contributed by atoms with Gasteiger partial charge < -0.3 is 15.2 Å². The normalized spacial score (nSPS) is 21.6. The molecule has 0 amide bonds.